The van der Waals surface area contributed by atoms with Gasteiger partial charge in [0.15, 0.2) is 0 Å². The van der Waals surface area contributed by atoms with Gasteiger partial charge >= 0.3 is 0 Å². The number of halogens is 1. The molecule has 0 atom stereocenters. The number of hydrogen-bond donors (Lipinski definition) is 1. The highest BCUT2D eigenvalue weighted by atomic mass is 32.2. The Morgan fingerprint density at radius 1 is 1.36 bits per heavy atom. The normalized spacial score (nSPS) is 16.6. The van der Waals surface area contributed by atoms with Crippen molar-refractivity contribution in [2.24, 2.45) is 0 Å². The standard InChI is InChI=1S/C11H14FNS/c12-11-4-2-1-3-9(11)5-6-14-10-7-13-8-10/h1-4,10,13H,5-8H2. The summed E-state index contributed by atoms with van der Waals surface area (Å²) in [6, 6.07) is 7.04. The highest BCUT2D eigenvalue weighted by Crippen LogP contribution is 2.17. The minimum atomic E-state index is -0.0696. The van der Waals surface area contributed by atoms with Gasteiger partial charge in [0.2, 0.25) is 0 Å². The predicted molar refractivity (Wildman–Crippen MR) is 59.2 cm³/mol. The number of rotatable bonds is 4. The minimum Gasteiger partial charge on any atom is -0.314 e. The summed E-state index contributed by atoms with van der Waals surface area (Å²) >= 11 is 1.94. The van der Waals surface area contributed by atoms with Gasteiger partial charge in [-0.25, -0.2) is 4.39 Å². The molecule has 1 saturated heterocycles. The van der Waals surface area contributed by atoms with Crippen LogP contribution < -0.4 is 5.32 Å². The summed E-state index contributed by atoms with van der Waals surface area (Å²) in [6.45, 7) is 2.23. The van der Waals surface area contributed by atoms with Crippen molar-refractivity contribution in [3.63, 3.8) is 0 Å². The van der Waals surface area contributed by atoms with E-state index in [4.69, 9.17) is 0 Å². The van der Waals surface area contributed by atoms with E-state index >= 15 is 0 Å². The van der Waals surface area contributed by atoms with Crippen LogP contribution in [0.5, 0.6) is 0 Å². The number of hydrogen-bond acceptors (Lipinski definition) is 2. The van der Waals surface area contributed by atoms with Gasteiger partial charge < -0.3 is 5.32 Å². The van der Waals surface area contributed by atoms with Crippen LogP contribution in [0.15, 0.2) is 24.3 Å². The van der Waals surface area contributed by atoms with Crippen LogP contribution >= 0.6 is 11.8 Å². The largest absolute Gasteiger partial charge is 0.314 e. The van der Waals surface area contributed by atoms with Gasteiger partial charge in [0.25, 0.3) is 0 Å². The van der Waals surface area contributed by atoms with Gasteiger partial charge in [0, 0.05) is 18.3 Å². The summed E-state index contributed by atoms with van der Waals surface area (Å²) in [4.78, 5) is 0. The zero-order valence-corrected chi connectivity index (χ0v) is 8.82. The molecule has 1 aliphatic rings. The molecular formula is C11H14FNS. The van der Waals surface area contributed by atoms with E-state index in [1.807, 2.05) is 23.9 Å². The zero-order chi connectivity index (χ0) is 9.80. The number of aryl methyl sites for hydroxylation is 1. The molecule has 0 amide bonds. The van der Waals surface area contributed by atoms with E-state index in [0.29, 0.717) is 0 Å². The van der Waals surface area contributed by atoms with Crippen molar-refractivity contribution in [2.45, 2.75) is 11.7 Å². The third-order valence-corrected chi connectivity index (χ3v) is 3.67. The molecule has 0 radical (unpaired) electrons. The lowest BCUT2D eigenvalue weighted by atomic mass is 10.2. The summed E-state index contributed by atoms with van der Waals surface area (Å²) in [5.41, 5.74) is 0.840. The fourth-order valence-electron chi connectivity index (χ4n) is 1.42. The lowest BCUT2D eigenvalue weighted by Crippen LogP contribution is -2.44. The van der Waals surface area contributed by atoms with Crippen molar-refractivity contribution >= 4 is 11.8 Å². The molecule has 1 N–H and O–H groups in total. The van der Waals surface area contributed by atoms with Crippen LogP contribution in [0.3, 0.4) is 0 Å². The minimum absolute atomic E-state index is 0.0696. The first kappa shape index (κ1) is 9.99. The molecule has 2 rings (SSSR count). The van der Waals surface area contributed by atoms with E-state index in [0.717, 1.165) is 36.1 Å². The highest BCUT2D eigenvalue weighted by molar-refractivity contribution is 8.00. The molecule has 3 heteroatoms. The summed E-state index contributed by atoms with van der Waals surface area (Å²) in [7, 11) is 0. The van der Waals surface area contributed by atoms with Gasteiger partial charge in [-0.3, -0.25) is 0 Å². The van der Waals surface area contributed by atoms with Crippen molar-refractivity contribution < 1.29 is 4.39 Å². The van der Waals surface area contributed by atoms with Crippen molar-refractivity contribution in [1.29, 1.82) is 0 Å². The first-order chi connectivity index (χ1) is 6.86. The molecule has 1 fully saturated rings. The molecule has 1 aliphatic heterocycles. The highest BCUT2D eigenvalue weighted by Gasteiger charge is 2.16. The Labute approximate surface area is 88.1 Å². The molecule has 1 aromatic carbocycles. The molecule has 0 aromatic heterocycles. The molecule has 1 aromatic rings. The fourth-order valence-corrected chi connectivity index (χ4v) is 2.56. The first-order valence-corrected chi connectivity index (χ1v) is 5.97. The van der Waals surface area contributed by atoms with Crippen LogP contribution in [0, 0.1) is 5.82 Å². The summed E-state index contributed by atoms with van der Waals surface area (Å²) in [6.07, 6.45) is 0.841. The van der Waals surface area contributed by atoms with Gasteiger partial charge in [0.1, 0.15) is 5.82 Å². The maximum Gasteiger partial charge on any atom is 0.126 e. The Balaban J connectivity index is 1.76. The van der Waals surface area contributed by atoms with Crippen LogP contribution in [-0.4, -0.2) is 24.1 Å². The average Bonchev–Trinajstić information content (AvgIpc) is 2.12. The van der Waals surface area contributed by atoms with Crippen LogP contribution in [0.4, 0.5) is 4.39 Å². The summed E-state index contributed by atoms with van der Waals surface area (Å²) in [5, 5.41) is 3.98. The Morgan fingerprint density at radius 2 is 2.14 bits per heavy atom. The molecule has 0 unspecified atom stereocenters. The SMILES string of the molecule is Fc1ccccc1CCSC1CNC1. The predicted octanol–water partition coefficient (Wildman–Crippen LogP) is 2.07. The molecule has 14 heavy (non-hydrogen) atoms. The van der Waals surface area contributed by atoms with Crippen LogP contribution in [0.1, 0.15) is 5.56 Å². The summed E-state index contributed by atoms with van der Waals surface area (Å²) in [5.74, 6) is 0.952. The van der Waals surface area contributed by atoms with E-state index in [9.17, 15) is 4.39 Å². The fraction of sp³-hybridized carbons (Fsp3) is 0.455. The van der Waals surface area contributed by atoms with Gasteiger partial charge in [-0.15, -0.1) is 0 Å². The molecule has 1 nitrogen and oxygen atoms in total. The topological polar surface area (TPSA) is 12.0 Å². The van der Waals surface area contributed by atoms with E-state index in [1.165, 1.54) is 6.07 Å². The van der Waals surface area contributed by atoms with Crippen LogP contribution in [0.2, 0.25) is 0 Å². The Bertz CT molecular complexity index is 299. The van der Waals surface area contributed by atoms with Crippen molar-refractivity contribution in [3.05, 3.63) is 35.6 Å². The molecule has 76 valence electrons. The second-order valence-corrected chi connectivity index (χ2v) is 4.90. The second-order valence-electron chi connectivity index (χ2n) is 3.49. The van der Waals surface area contributed by atoms with Gasteiger partial charge in [0.05, 0.1) is 0 Å². The van der Waals surface area contributed by atoms with E-state index in [1.54, 1.807) is 6.07 Å². The van der Waals surface area contributed by atoms with Crippen LogP contribution in [-0.2, 0) is 6.42 Å². The Kier molecular flexibility index (Phi) is 3.43. The maximum absolute atomic E-state index is 13.2. The quantitative estimate of drug-likeness (QED) is 0.818. The lowest BCUT2D eigenvalue weighted by molar-refractivity contribution is 0.543. The smallest absolute Gasteiger partial charge is 0.126 e. The lowest BCUT2D eigenvalue weighted by Gasteiger charge is -2.26. The Morgan fingerprint density at radius 3 is 2.79 bits per heavy atom. The number of nitrogens with one attached hydrogen (secondary N) is 1. The monoisotopic (exact) mass is 211 g/mol. The molecule has 0 spiro atoms. The summed E-state index contributed by atoms with van der Waals surface area (Å²) < 4.78 is 13.2. The molecule has 0 saturated carbocycles. The van der Waals surface area contributed by atoms with Crippen molar-refractivity contribution in [3.8, 4) is 0 Å². The average molecular weight is 211 g/mol. The number of benzene rings is 1. The van der Waals surface area contributed by atoms with Crippen molar-refractivity contribution in [2.75, 3.05) is 18.8 Å². The first-order valence-electron chi connectivity index (χ1n) is 4.92. The van der Waals surface area contributed by atoms with Gasteiger partial charge in [-0.1, -0.05) is 18.2 Å². The zero-order valence-electron chi connectivity index (χ0n) is 8.00. The van der Waals surface area contributed by atoms with E-state index in [-0.39, 0.29) is 5.82 Å². The van der Waals surface area contributed by atoms with E-state index in [2.05, 4.69) is 5.32 Å². The molecule has 1 heterocycles. The number of thioether (sulfide) groups is 1. The molecule has 0 bridgehead atoms. The van der Waals surface area contributed by atoms with Gasteiger partial charge in [-0.05, 0) is 23.8 Å². The van der Waals surface area contributed by atoms with Crippen LogP contribution in [0.25, 0.3) is 0 Å². The second kappa shape index (κ2) is 4.80. The third-order valence-electron chi connectivity index (χ3n) is 2.43. The maximum atomic E-state index is 13.2. The molecular weight excluding hydrogens is 197 g/mol. The van der Waals surface area contributed by atoms with Gasteiger partial charge in [-0.2, -0.15) is 11.8 Å². The van der Waals surface area contributed by atoms with E-state index < -0.39 is 0 Å². The third kappa shape index (κ3) is 2.49. The molecule has 0 aliphatic carbocycles. The van der Waals surface area contributed by atoms with Crippen molar-refractivity contribution in [1.82, 2.24) is 5.32 Å². The Hall–Kier alpha value is -0.540.